The van der Waals surface area contributed by atoms with E-state index in [0.29, 0.717) is 19.6 Å². The molecule has 0 amide bonds. The largest absolute Gasteiger partial charge is 0.489 e. The molecule has 122 valence electrons. The van der Waals surface area contributed by atoms with Crippen molar-refractivity contribution in [3.05, 3.63) is 63.4 Å². The molecule has 3 rings (SSSR count). The molecule has 1 aliphatic heterocycles. The molecule has 1 heterocycles. The Labute approximate surface area is 142 Å². The van der Waals surface area contributed by atoms with Gasteiger partial charge < -0.3 is 10.1 Å². The van der Waals surface area contributed by atoms with E-state index in [0.717, 1.165) is 21.3 Å². The third kappa shape index (κ3) is 4.07. The molecule has 0 aliphatic carbocycles. The highest BCUT2D eigenvalue weighted by Crippen LogP contribution is 2.25. The number of rotatable bonds is 0. The molecule has 0 saturated carbocycles. The fourth-order valence-electron chi connectivity index (χ4n) is 2.49. The average molecular weight is 383 g/mol. The fourth-order valence-corrected chi connectivity index (χ4v) is 2.89. The Hall–Kier alpha value is -1.50. The highest BCUT2D eigenvalue weighted by atomic mass is 79.9. The first-order valence-corrected chi connectivity index (χ1v) is 8.20. The standard InChI is InChI=1S/C17H17BrF2N2O/c18-13-2-4-16-12(8-13)9-21-5-6-22-17(20)14-7-11(10-23-16)1-3-15(14)19/h1-4,7-8,17,21-22H,5-6,9-10H2. The highest BCUT2D eigenvalue weighted by molar-refractivity contribution is 9.10. The third-order valence-corrected chi connectivity index (χ3v) is 4.18. The van der Waals surface area contributed by atoms with Crippen LogP contribution in [0.2, 0.25) is 0 Å². The lowest BCUT2D eigenvalue weighted by Crippen LogP contribution is -2.28. The van der Waals surface area contributed by atoms with Crippen molar-refractivity contribution in [1.29, 1.82) is 0 Å². The molecule has 1 unspecified atom stereocenters. The zero-order valence-electron chi connectivity index (χ0n) is 12.4. The van der Waals surface area contributed by atoms with Crippen LogP contribution in [0.1, 0.15) is 23.0 Å². The van der Waals surface area contributed by atoms with Crippen LogP contribution in [-0.2, 0) is 13.2 Å². The van der Waals surface area contributed by atoms with E-state index in [4.69, 9.17) is 4.74 Å². The van der Waals surface area contributed by atoms with Gasteiger partial charge in [-0.1, -0.05) is 22.0 Å². The Morgan fingerprint density at radius 3 is 2.87 bits per heavy atom. The van der Waals surface area contributed by atoms with E-state index in [1.807, 2.05) is 18.2 Å². The van der Waals surface area contributed by atoms with Crippen molar-refractivity contribution in [2.75, 3.05) is 13.1 Å². The Kier molecular flexibility index (Phi) is 5.25. The van der Waals surface area contributed by atoms with Gasteiger partial charge in [0.25, 0.3) is 0 Å². The summed E-state index contributed by atoms with van der Waals surface area (Å²) in [7, 11) is 0. The summed E-state index contributed by atoms with van der Waals surface area (Å²) in [6, 6.07) is 10.2. The second-order valence-corrected chi connectivity index (χ2v) is 6.31. The third-order valence-electron chi connectivity index (χ3n) is 3.69. The molecule has 2 aromatic rings. The Balaban J connectivity index is 1.90. The number of nitrogens with one attached hydrogen (secondary N) is 2. The van der Waals surface area contributed by atoms with Crippen LogP contribution in [0.25, 0.3) is 0 Å². The summed E-state index contributed by atoms with van der Waals surface area (Å²) in [6.07, 6.45) is -1.53. The zero-order chi connectivity index (χ0) is 16.2. The summed E-state index contributed by atoms with van der Waals surface area (Å²) in [6.45, 7) is 1.83. The molecule has 1 atom stereocenters. The quantitative estimate of drug-likeness (QED) is 0.679. The molecule has 1 aliphatic rings. The van der Waals surface area contributed by atoms with Crippen molar-refractivity contribution in [2.24, 2.45) is 0 Å². The van der Waals surface area contributed by atoms with Crippen molar-refractivity contribution in [3.63, 3.8) is 0 Å². The highest BCUT2D eigenvalue weighted by Gasteiger charge is 2.16. The zero-order valence-corrected chi connectivity index (χ0v) is 14.0. The normalized spacial score (nSPS) is 18.8. The first-order chi connectivity index (χ1) is 11.1. The van der Waals surface area contributed by atoms with Crippen LogP contribution in [0.4, 0.5) is 8.78 Å². The van der Waals surface area contributed by atoms with Gasteiger partial charge in [0.15, 0.2) is 6.30 Å². The Morgan fingerprint density at radius 2 is 2.00 bits per heavy atom. The maximum absolute atomic E-state index is 14.1. The summed E-state index contributed by atoms with van der Waals surface area (Å²) in [5.74, 6) is 0.205. The van der Waals surface area contributed by atoms with Crippen molar-refractivity contribution >= 4 is 15.9 Å². The van der Waals surface area contributed by atoms with Gasteiger partial charge in [-0.15, -0.1) is 0 Å². The van der Waals surface area contributed by atoms with Gasteiger partial charge in [0.05, 0.1) is 0 Å². The minimum absolute atomic E-state index is 0.0152. The monoisotopic (exact) mass is 382 g/mol. The summed E-state index contributed by atoms with van der Waals surface area (Å²) in [5.41, 5.74) is 1.76. The molecular weight excluding hydrogens is 366 g/mol. The molecule has 2 aromatic carbocycles. The Morgan fingerprint density at radius 1 is 1.13 bits per heavy atom. The lowest BCUT2D eigenvalue weighted by molar-refractivity contribution is 0.272. The van der Waals surface area contributed by atoms with Gasteiger partial charge in [-0.05, 0) is 35.9 Å². The molecule has 3 nitrogen and oxygen atoms in total. The summed E-state index contributed by atoms with van der Waals surface area (Å²) in [5, 5.41) is 5.91. The van der Waals surface area contributed by atoms with E-state index >= 15 is 0 Å². The number of ether oxygens (including phenoxy) is 1. The number of hydrogen-bond donors (Lipinski definition) is 2. The minimum Gasteiger partial charge on any atom is -0.489 e. The number of halogens is 3. The van der Waals surface area contributed by atoms with E-state index < -0.39 is 12.1 Å². The van der Waals surface area contributed by atoms with E-state index in [2.05, 4.69) is 26.6 Å². The molecule has 23 heavy (non-hydrogen) atoms. The van der Waals surface area contributed by atoms with Crippen molar-refractivity contribution < 1.29 is 13.5 Å². The molecular formula is C17H17BrF2N2O. The molecule has 0 fully saturated rings. The van der Waals surface area contributed by atoms with Crippen LogP contribution in [0.5, 0.6) is 5.75 Å². The SMILES string of the molecule is Fc1ccc2cc1C(F)NCCNCc1cc(Br)ccc1OC2. The van der Waals surface area contributed by atoms with Crippen LogP contribution in [0.15, 0.2) is 40.9 Å². The van der Waals surface area contributed by atoms with E-state index in [1.165, 1.54) is 12.1 Å². The second kappa shape index (κ2) is 7.38. The number of hydrogen-bond acceptors (Lipinski definition) is 3. The molecule has 2 N–H and O–H groups in total. The van der Waals surface area contributed by atoms with Gasteiger partial charge in [0, 0.05) is 35.2 Å². The van der Waals surface area contributed by atoms with Gasteiger partial charge in [-0.25, -0.2) is 8.78 Å². The molecule has 0 aromatic heterocycles. The van der Waals surface area contributed by atoms with Crippen molar-refractivity contribution in [3.8, 4) is 5.75 Å². The van der Waals surface area contributed by atoms with Crippen LogP contribution in [0, 0.1) is 5.82 Å². The predicted octanol–water partition coefficient (Wildman–Crippen LogP) is 3.83. The maximum atomic E-state index is 14.1. The van der Waals surface area contributed by atoms with Crippen molar-refractivity contribution in [1.82, 2.24) is 10.6 Å². The smallest absolute Gasteiger partial charge is 0.179 e. The lowest BCUT2D eigenvalue weighted by Gasteiger charge is -2.13. The summed E-state index contributed by atoms with van der Waals surface area (Å²) in [4.78, 5) is 0. The van der Waals surface area contributed by atoms with Gasteiger partial charge >= 0.3 is 0 Å². The molecule has 6 heteroatoms. The number of fused-ring (bicyclic) bond motifs is 3. The summed E-state index contributed by atoms with van der Waals surface area (Å²) < 4.78 is 34.8. The molecule has 2 bridgehead atoms. The molecule has 0 radical (unpaired) electrons. The van der Waals surface area contributed by atoms with Gasteiger partial charge in [0.1, 0.15) is 18.2 Å². The van der Waals surface area contributed by atoms with Gasteiger partial charge in [-0.3, -0.25) is 5.32 Å². The van der Waals surface area contributed by atoms with Crippen LogP contribution in [0.3, 0.4) is 0 Å². The van der Waals surface area contributed by atoms with E-state index in [9.17, 15) is 8.78 Å². The maximum Gasteiger partial charge on any atom is 0.179 e. The lowest BCUT2D eigenvalue weighted by atomic mass is 10.1. The van der Waals surface area contributed by atoms with Crippen LogP contribution < -0.4 is 15.4 Å². The van der Waals surface area contributed by atoms with Crippen molar-refractivity contribution in [2.45, 2.75) is 19.4 Å². The first kappa shape index (κ1) is 16.4. The molecule has 0 spiro atoms. The minimum atomic E-state index is -1.53. The average Bonchev–Trinajstić information content (AvgIpc) is 2.55. The van der Waals surface area contributed by atoms with E-state index in [1.54, 1.807) is 6.07 Å². The topological polar surface area (TPSA) is 33.3 Å². The van der Waals surface area contributed by atoms with Crippen LogP contribution in [-0.4, -0.2) is 13.1 Å². The second-order valence-electron chi connectivity index (χ2n) is 5.39. The Bertz CT molecular complexity index is 696. The fraction of sp³-hybridized carbons (Fsp3) is 0.294. The van der Waals surface area contributed by atoms with Gasteiger partial charge in [0.2, 0.25) is 0 Å². The number of benzene rings is 2. The van der Waals surface area contributed by atoms with E-state index in [-0.39, 0.29) is 12.2 Å². The van der Waals surface area contributed by atoms with Crippen LogP contribution >= 0.6 is 15.9 Å². The first-order valence-electron chi connectivity index (χ1n) is 7.41. The summed E-state index contributed by atoms with van der Waals surface area (Å²) >= 11 is 3.45. The predicted molar refractivity (Wildman–Crippen MR) is 88.4 cm³/mol. The molecule has 0 saturated heterocycles. The van der Waals surface area contributed by atoms with Gasteiger partial charge in [-0.2, -0.15) is 0 Å². The number of alkyl halides is 1.